The number of nitrogens with zero attached hydrogens (tertiary/aromatic N) is 1. The van der Waals surface area contributed by atoms with Gasteiger partial charge in [0.15, 0.2) is 0 Å². The summed E-state index contributed by atoms with van der Waals surface area (Å²) in [5.74, 6) is 0.0364. The highest BCUT2D eigenvalue weighted by Crippen LogP contribution is 2.15. The summed E-state index contributed by atoms with van der Waals surface area (Å²) in [6.45, 7) is 6.95. The maximum Gasteiger partial charge on any atom is 0.225 e. The van der Waals surface area contributed by atoms with Crippen molar-refractivity contribution in [2.45, 2.75) is 32.7 Å². The van der Waals surface area contributed by atoms with Gasteiger partial charge in [-0.25, -0.2) is 0 Å². The number of benzene rings is 1. The van der Waals surface area contributed by atoms with E-state index in [2.05, 4.69) is 31.4 Å². The fraction of sp³-hybridized carbons (Fsp3) is 0.533. The topological polar surface area (TPSA) is 44.4 Å². The van der Waals surface area contributed by atoms with Crippen LogP contribution in [0.2, 0.25) is 0 Å². The van der Waals surface area contributed by atoms with Crippen molar-refractivity contribution in [1.82, 2.24) is 5.32 Å². The van der Waals surface area contributed by atoms with Crippen LogP contribution >= 0.6 is 0 Å². The lowest BCUT2D eigenvalue weighted by Crippen LogP contribution is -2.37. The van der Waals surface area contributed by atoms with Crippen LogP contribution in [0.1, 0.15) is 27.2 Å². The molecule has 1 rings (SSSR count). The average Bonchev–Trinajstić information content (AvgIpc) is 2.27. The highest BCUT2D eigenvalue weighted by Gasteiger charge is 2.09. The van der Waals surface area contributed by atoms with Gasteiger partial charge < -0.3 is 15.5 Å². The van der Waals surface area contributed by atoms with Crippen molar-refractivity contribution >= 4 is 17.3 Å². The van der Waals surface area contributed by atoms with E-state index in [9.17, 15) is 4.79 Å². The van der Waals surface area contributed by atoms with Crippen molar-refractivity contribution in [1.29, 1.82) is 0 Å². The SMILES string of the molecule is CN(C)c1ccc(NC(=O)CCNC(C)(C)C)cc1. The number of hydrogen-bond acceptors (Lipinski definition) is 3. The Balaban J connectivity index is 2.40. The Morgan fingerprint density at radius 3 is 2.21 bits per heavy atom. The molecule has 19 heavy (non-hydrogen) atoms. The first kappa shape index (κ1) is 15.5. The molecule has 0 radical (unpaired) electrons. The van der Waals surface area contributed by atoms with Crippen LogP contribution in [0.4, 0.5) is 11.4 Å². The Kier molecular flexibility index (Phi) is 5.36. The van der Waals surface area contributed by atoms with Crippen LogP contribution in [0.25, 0.3) is 0 Å². The Labute approximate surface area is 116 Å². The van der Waals surface area contributed by atoms with E-state index < -0.39 is 0 Å². The molecule has 0 unspecified atom stereocenters. The molecule has 1 aromatic carbocycles. The Hall–Kier alpha value is -1.55. The summed E-state index contributed by atoms with van der Waals surface area (Å²) in [4.78, 5) is 13.8. The van der Waals surface area contributed by atoms with Crippen LogP contribution in [-0.4, -0.2) is 32.1 Å². The summed E-state index contributed by atoms with van der Waals surface area (Å²) < 4.78 is 0. The van der Waals surface area contributed by atoms with E-state index in [-0.39, 0.29) is 11.4 Å². The predicted molar refractivity (Wildman–Crippen MR) is 81.8 cm³/mol. The number of carbonyl (C=O) groups is 1. The molecule has 0 saturated heterocycles. The lowest BCUT2D eigenvalue weighted by Gasteiger charge is -2.20. The van der Waals surface area contributed by atoms with Crippen LogP contribution in [0.5, 0.6) is 0 Å². The van der Waals surface area contributed by atoms with Gasteiger partial charge in [-0.3, -0.25) is 4.79 Å². The van der Waals surface area contributed by atoms with E-state index in [0.717, 1.165) is 11.4 Å². The summed E-state index contributed by atoms with van der Waals surface area (Å²) in [7, 11) is 3.98. The van der Waals surface area contributed by atoms with Gasteiger partial charge in [-0.2, -0.15) is 0 Å². The van der Waals surface area contributed by atoms with Gasteiger partial charge in [0.2, 0.25) is 5.91 Å². The minimum Gasteiger partial charge on any atom is -0.378 e. The van der Waals surface area contributed by atoms with Crippen molar-refractivity contribution in [3.63, 3.8) is 0 Å². The number of hydrogen-bond donors (Lipinski definition) is 2. The second kappa shape index (κ2) is 6.57. The third kappa shape index (κ3) is 6.25. The molecule has 0 fully saturated rings. The highest BCUT2D eigenvalue weighted by molar-refractivity contribution is 5.91. The Bertz CT molecular complexity index is 404. The molecule has 0 aliphatic heterocycles. The first-order valence-electron chi connectivity index (χ1n) is 6.60. The van der Waals surface area contributed by atoms with E-state index in [1.165, 1.54) is 0 Å². The largest absolute Gasteiger partial charge is 0.378 e. The summed E-state index contributed by atoms with van der Waals surface area (Å²) in [6.07, 6.45) is 0.479. The molecule has 0 spiro atoms. The van der Waals surface area contributed by atoms with E-state index >= 15 is 0 Å². The molecule has 2 N–H and O–H groups in total. The molecular formula is C15H25N3O. The monoisotopic (exact) mass is 263 g/mol. The van der Waals surface area contributed by atoms with Gasteiger partial charge in [0.1, 0.15) is 0 Å². The molecular weight excluding hydrogens is 238 g/mol. The van der Waals surface area contributed by atoms with Crippen molar-refractivity contribution in [2.75, 3.05) is 30.9 Å². The Morgan fingerprint density at radius 1 is 1.16 bits per heavy atom. The second-order valence-corrected chi connectivity index (χ2v) is 5.92. The average molecular weight is 263 g/mol. The van der Waals surface area contributed by atoms with Crippen molar-refractivity contribution in [2.24, 2.45) is 0 Å². The fourth-order valence-electron chi connectivity index (χ4n) is 1.62. The zero-order valence-corrected chi connectivity index (χ0v) is 12.6. The van der Waals surface area contributed by atoms with Gasteiger partial charge in [0.25, 0.3) is 0 Å². The van der Waals surface area contributed by atoms with E-state index in [1.807, 2.05) is 43.3 Å². The maximum atomic E-state index is 11.8. The van der Waals surface area contributed by atoms with E-state index in [0.29, 0.717) is 13.0 Å². The first-order valence-corrected chi connectivity index (χ1v) is 6.60. The minimum atomic E-state index is 0.0364. The molecule has 0 heterocycles. The zero-order chi connectivity index (χ0) is 14.5. The van der Waals surface area contributed by atoms with Crippen LogP contribution < -0.4 is 15.5 Å². The van der Waals surface area contributed by atoms with Crippen LogP contribution in [-0.2, 0) is 4.79 Å². The van der Waals surface area contributed by atoms with Crippen LogP contribution in [0.3, 0.4) is 0 Å². The van der Waals surface area contributed by atoms with Crippen LogP contribution in [0, 0.1) is 0 Å². The third-order valence-corrected chi connectivity index (χ3v) is 2.67. The minimum absolute atomic E-state index is 0.0364. The number of rotatable bonds is 5. The zero-order valence-electron chi connectivity index (χ0n) is 12.6. The third-order valence-electron chi connectivity index (χ3n) is 2.67. The normalized spacial score (nSPS) is 11.2. The predicted octanol–water partition coefficient (Wildman–Crippen LogP) is 2.47. The quantitative estimate of drug-likeness (QED) is 0.857. The first-order chi connectivity index (χ1) is 8.78. The smallest absolute Gasteiger partial charge is 0.225 e. The summed E-state index contributed by atoms with van der Waals surface area (Å²) in [5.41, 5.74) is 2.01. The van der Waals surface area contributed by atoms with Gasteiger partial charge in [-0.05, 0) is 45.0 Å². The van der Waals surface area contributed by atoms with E-state index in [4.69, 9.17) is 0 Å². The second-order valence-electron chi connectivity index (χ2n) is 5.92. The standard InChI is InChI=1S/C15H25N3O/c1-15(2,3)16-11-10-14(19)17-12-6-8-13(9-7-12)18(4)5/h6-9,16H,10-11H2,1-5H3,(H,17,19). The molecule has 4 nitrogen and oxygen atoms in total. The van der Waals surface area contributed by atoms with Gasteiger partial charge in [0.05, 0.1) is 0 Å². The molecule has 0 bridgehead atoms. The fourth-order valence-corrected chi connectivity index (χ4v) is 1.62. The number of carbonyl (C=O) groups excluding carboxylic acids is 1. The molecule has 4 heteroatoms. The van der Waals surface area contributed by atoms with Gasteiger partial charge >= 0.3 is 0 Å². The molecule has 0 aliphatic rings. The number of nitrogens with one attached hydrogen (secondary N) is 2. The van der Waals surface area contributed by atoms with Gasteiger partial charge in [-0.1, -0.05) is 0 Å². The van der Waals surface area contributed by atoms with Crippen molar-refractivity contribution in [3.8, 4) is 0 Å². The molecule has 0 saturated carbocycles. The molecule has 0 aromatic heterocycles. The van der Waals surface area contributed by atoms with Gasteiger partial charge in [-0.15, -0.1) is 0 Å². The lowest BCUT2D eigenvalue weighted by atomic mass is 10.1. The van der Waals surface area contributed by atoms with Gasteiger partial charge in [0, 0.05) is 44.0 Å². The highest BCUT2D eigenvalue weighted by atomic mass is 16.1. The maximum absolute atomic E-state index is 11.8. The van der Waals surface area contributed by atoms with Crippen molar-refractivity contribution < 1.29 is 4.79 Å². The number of amides is 1. The lowest BCUT2D eigenvalue weighted by molar-refractivity contribution is -0.116. The van der Waals surface area contributed by atoms with Crippen molar-refractivity contribution in [3.05, 3.63) is 24.3 Å². The molecule has 1 amide bonds. The molecule has 0 atom stereocenters. The summed E-state index contributed by atoms with van der Waals surface area (Å²) in [6, 6.07) is 7.82. The summed E-state index contributed by atoms with van der Waals surface area (Å²) >= 11 is 0. The van der Waals surface area contributed by atoms with Crippen LogP contribution in [0.15, 0.2) is 24.3 Å². The number of anilines is 2. The molecule has 106 valence electrons. The Morgan fingerprint density at radius 2 is 1.74 bits per heavy atom. The van der Waals surface area contributed by atoms with E-state index in [1.54, 1.807) is 0 Å². The summed E-state index contributed by atoms with van der Waals surface area (Å²) in [5, 5.41) is 6.19. The molecule has 1 aromatic rings. The molecule has 0 aliphatic carbocycles.